The zero-order valence-corrected chi connectivity index (χ0v) is 23.4. The molecule has 0 spiro atoms. The Bertz CT molecular complexity index is 3910. The molecule has 0 bridgehead atoms. The molecule has 0 saturated carbocycles. The molecule has 3 heteroatoms. The lowest BCUT2D eigenvalue weighted by atomic mass is 9.94. The molecule has 0 aliphatic heterocycles. The van der Waals surface area contributed by atoms with Crippen molar-refractivity contribution >= 4 is 32.7 Å². The molecule has 7 aromatic carbocycles. The molecule has 0 unspecified atom stereocenters. The molecule has 220 valence electrons. The normalized spacial score (nSPS) is 19.4. The Morgan fingerprint density at radius 3 is 1.68 bits per heavy atom. The van der Waals surface area contributed by atoms with Crippen molar-refractivity contribution in [2.45, 2.75) is 0 Å². The van der Waals surface area contributed by atoms with Gasteiger partial charge in [0.1, 0.15) is 11.2 Å². The summed E-state index contributed by atoms with van der Waals surface area (Å²) in [7, 11) is 0. The van der Waals surface area contributed by atoms with Crippen molar-refractivity contribution in [2.75, 3.05) is 0 Å². The topological polar surface area (TPSA) is 38.9 Å². The lowest BCUT2D eigenvalue weighted by Gasteiger charge is -2.12. The van der Waals surface area contributed by atoms with Crippen LogP contribution >= 0.6 is 0 Å². The van der Waals surface area contributed by atoms with Gasteiger partial charge in [0.15, 0.2) is 5.82 Å². The van der Waals surface area contributed by atoms with E-state index in [9.17, 15) is 8.22 Å². The minimum absolute atomic E-state index is 0.533. The van der Waals surface area contributed by atoms with Crippen LogP contribution in [0.2, 0.25) is 0 Å². The highest BCUT2D eigenvalue weighted by atomic mass is 16.3. The zero-order valence-electron chi connectivity index (χ0n) is 50.4. The van der Waals surface area contributed by atoms with Crippen LogP contribution in [0.4, 0.5) is 0 Å². The quantitative estimate of drug-likeness (QED) is 0.191. The summed E-state index contributed by atoms with van der Waals surface area (Å²) in [6.45, 7) is 0. The molecule has 0 saturated heterocycles. The molecule has 9 aromatic rings. The molecular formula is C44H28N2O. The van der Waals surface area contributed by atoms with Gasteiger partial charge in [-0.1, -0.05) is 145 Å². The van der Waals surface area contributed by atoms with E-state index >= 15 is 0 Å². The molecule has 0 aliphatic carbocycles. The first kappa shape index (κ1) is 11.2. The molecular weight excluding hydrogens is 572 g/mol. The smallest absolute Gasteiger partial charge is 0.160 e. The van der Waals surface area contributed by atoms with Crippen LogP contribution in [-0.4, -0.2) is 9.97 Å². The molecule has 0 radical (unpaired) electrons. The van der Waals surface area contributed by atoms with Gasteiger partial charge in [0.25, 0.3) is 0 Å². The van der Waals surface area contributed by atoms with Gasteiger partial charge in [0, 0.05) is 27.5 Å². The zero-order chi connectivity index (χ0) is 54.7. The van der Waals surface area contributed by atoms with Crippen LogP contribution in [0.5, 0.6) is 0 Å². The van der Waals surface area contributed by atoms with Crippen molar-refractivity contribution in [1.82, 2.24) is 9.97 Å². The lowest BCUT2D eigenvalue weighted by molar-refractivity contribution is 0.670. The van der Waals surface area contributed by atoms with Crippen molar-refractivity contribution in [3.8, 4) is 56.2 Å². The predicted molar refractivity (Wildman–Crippen MR) is 194 cm³/mol. The van der Waals surface area contributed by atoms with Gasteiger partial charge in [-0.2, -0.15) is 0 Å². The second-order valence-electron chi connectivity index (χ2n) is 9.72. The van der Waals surface area contributed by atoms with Crippen LogP contribution in [0.1, 0.15) is 37.0 Å². The number of hydrogen-bond acceptors (Lipinski definition) is 3. The third-order valence-corrected chi connectivity index (χ3v) is 6.96. The number of rotatable bonds is 5. The molecule has 2 heterocycles. The highest BCUT2D eigenvalue weighted by Gasteiger charge is 2.20. The molecule has 47 heavy (non-hydrogen) atoms. The Labute approximate surface area is 310 Å². The Balaban J connectivity index is 1.53. The number of fused-ring (bicyclic) bond motifs is 4. The molecule has 3 nitrogen and oxygen atoms in total. The maximum absolute atomic E-state index is 9.69. The molecule has 0 amide bonds. The van der Waals surface area contributed by atoms with E-state index < -0.39 is 252 Å². The summed E-state index contributed by atoms with van der Waals surface area (Å²) in [5.74, 6) is -0.764. The first-order valence-electron chi connectivity index (χ1n) is 27.1. The summed E-state index contributed by atoms with van der Waals surface area (Å²) in [6, 6.07) is -22.8. The van der Waals surface area contributed by atoms with Crippen LogP contribution in [0.3, 0.4) is 0 Å². The highest BCUT2D eigenvalue weighted by molar-refractivity contribution is 6.18. The number of hydrogen-bond donors (Lipinski definition) is 0. The minimum atomic E-state index is -1.03. The summed E-state index contributed by atoms with van der Waals surface area (Å²) in [6.07, 6.45) is 0. The van der Waals surface area contributed by atoms with Gasteiger partial charge in [-0.15, -0.1) is 0 Å². The fraction of sp³-hybridized carbons (Fsp3) is 0. The largest absolute Gasteiger partial charge is 0.455 e. The van der Waals surface area contributed by atoms with Crippen molar-refractivity contribution < 1.29 is 41.4 Å². The molecule has 2 aromatic heterocycles. The first-order valence-corrected chi connectivity index (χ1v) is 13.6. The predicted octanol–water partition coefficient (Wildman–Crippen LogP) is 11.9. The third-order valence-electron chi connectivity index (χ3n) is 6.96. The van der Waals surface area contributed by atoms with Gasteiger partial charge in [0.05, 0.1) is 48.4 Å². The fourth-order valence-corrected chi connectivity index (χ4v) is 4.90. The maximum atomic E-state index is 9.69. The summed E-state index contributed by atoms with van der Waals surface area (Å²) in [4.78, 5) is 8.80. The average molecular weight is 628 g/mol. The van der Waals surface area contributed by atoms with Crippen molar-refractivity contribution in [3.05, 3.63) is 169 Å². The van der Waals surface area contributed by atoms with E-state index in [1.54, 1.807) is 0 Å². The summed E-state index contributed by atoms with van der Waals surface area (Å²) < 4.78 is 243. The fourth-order valence-electron chi connectivity index (χ4n) is 4.90. The van der Waals surface area contributed by atoms with Gasteiger partial charge >= 0.3 is 0 Å². The van der Waals surface area contributed by atoms with E-state index in [-0.39, 0.29) is 0 Å². The average Bonchev–Trinajstić information content (AvgIpc) is 3.77. The molecule has 0 N–H and O–H groups in total. The van der Waals surface area contributed by atoms with Gasteiger partial charge in [-0.25, -0.2) is 9.97 Å². The minimum Gasteiger partial charge on any atom is -0.455 e. The Morgan fingerprint density at radius 2 is 0.979 bits per heavy atom. The van der Waals surface area contributed by atoms with Gasteiger partial charge in [-0.3, -0.25) is 0 Å². The van der Waals surface area contributed by atoms with E-state index in [4.69, 9.17) is 33.2 Å². The van der Waals surface area contributed by atoms with Crippen LogP contribution < -0.4 is 0 Å². The number of furan rings is 1. The SMILES string of the molecule is [2H]c1c([2H])c([2H])c(-c2cc(-c3c([2H])c([2H])c(-c4c([2H])c([2H])c(-c5c([2H])c([2H])c([2H])c([2H])c5[2H])c([2H])c4[2H])c4c3oc3c([2H])c5c([2H])c([2H])c([2H])c([2H])c5c([2H])c34)nc(-c3c([2H])c([2H])c([2H])c([2H])c3[2H])n2)c([2H])c1[2H]. The number of benzene rings is 7. The van der Waals surface area contributed by atoms with E-state index in [2.05, 4.69) is 9.97 Å². The van der Waals surface area contributed by atoms with Gasteiger partial charge in [-0.05, 0) is 57.2 Å². The van der Waals surface area contributed by atoms with Crippen molar-refractivity contribution in [1.29, 1.82) is 0 Å². The van der Waals surface area contributed by atoms with Crippen molar-refractivity contribution in [2.24, 2.45) is 0 Å². The standard InChI is InChI=1S/C44H28N2O/c1-4-12-29(13-5-1)30-20-22-31(23-21-30)36-24-25-37(43-42(36)38-26-34-18-10-11-19-35(34)27-41(38)47-43)40-28-39(32-14-6-2-7-15-32)45-44(46-40)33-16-8-3-9-17-33/h1-28H/i1D,2D,3D,4D,5D,6D,7D,8D,9D,10D,11D,12D,13D,14D,15D,16D,17D,18D,19D,20D,21D,22D,23D,24D,25D,26D,27D. The van der Waals surface area contributed by atoms with E-state index in [0.29, 0.717) is 0 Å². The second kappa shape index (κ2) is 11.2. The molecule has 0 aliphatic rings. The third kappa shape index (κ3) is 4.86. The van der Waals surface area contributed by atoms with E-state index in [0.717, 1.165) is 6.07 Å². The summed E-state index contributed by atoms with van der Waals surface area (Å²) in [5.41, 5.74) is -7.52. The number of aromatic nitrogens is 2. The lowest BCUT2D eigenvalue weighted by Crippen LogP contribution is -1.96. The Morgan fingerprint density at radius 1 is 0.447 bits per heavy atom. The first-order chi connectivity index (χ1) is 34.5. The summed E-state index contributed by atoms with van der Waals surface area (Å²) in [5, 5.41) is -2.22. The van der Waals surface area contributed by atoms with Crippen LogP contribution in [-0.2, 0) is 0 Å². The Kier molecular flexibility index (Phi) is 2.67. The molecule has 0 atom stereocenters. The van der Waals surface area contributed by atoms with Crippen molar-refractivity contribution in [3.63, 3.8) is 0 Å². The highest BCUT2D eigenvalue weighted by Crippen LogP contribution is 2.43. The van der Waals surface area contributed by atoms with Gasteiger partial charge < -0.3 is 4.42 Å². The van der Waals surface area contributed by atoms with Gasteiger partial charge in [0.2, 0.25) is 0 Å². The number of nitrogens with zero attached hydrogens (tertiary/aromatic N) is 2. The van der Waals surface area contributed by atoms with Crippen LogP contribution in [0, 0.1) is 0 Å². The van der Waals surface area contributed by atoms with Crippen LogP contribution in [0.25, 0.3) is 88.9 Å². The summed E-state index contributed by atoms with van der Waals surface area (Å²) >= 11 is 0. The molecule has 9 rings (SSSR count). The second-order valence-corrected chi connectivity index (χ2v) is 9.72. The van der Waals surface area contributed by atoms with E-state index in [1.165, 1.54) is 0 Å². The maximum Gasteiger partial charge on any atom is 0.160 e. The van der Waals surface area contributed by atoms with Crippen LogP contribution in [0.15, 0.2) is 174 Å². The monoisotopic (exact) mass is 627 g/mol. The molecule has 0 fully saturated rings. The van der Waals surface area contributed by atoms with E-state index in [1.807, 2.05) is 0 Å². The Hall–Kier alpha value is -6.32.